The highest BCUT2D eigenvalue weighted by Gasteiger charge is 2.03. The Morgan fingerprint density at radius 1 is 1.08 bits per heavy atom. The fourth-order valence-corrected chi connectivity index (χ4v) is 2.92. The van der Waals surface area contributed by atoms with Gasteiger partial charge in [0.25, 0.3) is 0 Å². The van der Waals surface area contributed by atoms with E-state index in [-0.39, 0.29) is 42.1 Å². The Kier molecular flexibility index (Phi) is 10.9. The van der Waals surface area contributed by atoms with E-state index in [2.05, 4.69) is 32.4 Å². The average Bonchev–Trinajstić information content (AvgIpc) is 3.12. The molecule has 0 fully saturated rings. The van der Waals surface area contributed by atoms with Gasteiger partial charge < -0.3 is 16.0 Å². The maximum absolute atomic E-state index is 12.8. The third-order valence-corrected chi connectivity index (χ3v) is 4.42. The van der Waals surface area contributed by atoms with E-state index in [4.69, 9.17) is 0 Å². The summed E-state index contributed by atoms with van der Waals surface area (Å²) in [5.41, 5.74) is 0.790. The van der Waals surface area contributed by atoms with E-state index < -0.39 is 0 Å². The summed E-state index contributed by atoms with van der Waals surface area (Å²) in [7, 11) is 1.72. The minimum absolute atomic E-state index is 0. The van der Waals surface area contributed by atoms with E-state index in [0.29, 0.717) is 19.0 Å². The number of hydrogen-bond acceptors (Lipinski definition) is 3. The van der Waals surface area contributed by atoms with Gasteiger partial charge in [-0.05, 0) is 35.6 Å². The monoisotopic (exact) mass is 490 g/mol. The van der Waals surface area contributed by atoms with E-state index in [1.807, 2.05) is 6.07 Å². The van der Waals surface area contributed by atoms with Crippen LogP contribution in [-0.2, 0) is 17.6 Å². The zero-order chi connectivity index (χ0) is 17.9. The summed E-state index contributed by atoms with van der Waals surface area (Å²) in [6.07, 6.45) is 1.20. The predicted molar refractivity (Wildman–Crippen MR) is 116 cm³/mol. The molecule has 0 saturated heterocycles. The molecule has 1 amide bonds. The van der Waals surface area contributed by atoms with Gasteiger partial charge in [0.05, 0.1) is 6.42 Å². The van der Waals surface area contributed by atoms with Gasteiger partial charge in [-0.15, -0.1) is 35.3 Å². The third kappa shape index (κ3) is 8.61. The van der Waals surface area contributed by atoms with Crippen molar-refractivity contribution in [1.82, 2.24) is 16.0 Å². The molecule has 0 saturated carbocycles. The lowest BCUT2D eigenvalue weighted by molar-refractivity contribution is -0.120. The van der Waals surface area contributed by atoms with Crippen LogP contribution >= 0.6 is 35.3 Å². The van der Waals surface area contributed by atoms with Crippen LogP contribution in [0.5, 0.6) is 0 Å². The molecule has 0 radical (unpaired) electrons. The molecular formula is C18H24FIN4OS. The lowest BCUT2D eigenvalue weighted by atomic mass is 10.1. The number of carbonyl (C=O) groups excluding carboxylic acids is 1. The zero-order valence-electron chi connectivity index (χ0n) is 14.6. The first-order valence-corrected chi connectivity index (χ1v) is 9.03. The Hall–Kier alpha value is -1.68. The molecule has 0 aliphatic heterocycles. The van der Waals surface area contributed by atoms with E-state index >= 15 is 0 Å². The second kappa shape index (κ2) is 12.6. The lowest BCUT2D eigenvalue weighted by Crippen LogP contribution is -2.42. The highest BCUT2D eigenvalue weighted by Crippen LogP contribution is 2.07. The molecule has 1 heterocycles. The zero-order valence-corrected chi connectivity index (χ0v) is 17.8. The Balaban J connectivity index is 0.00000338. The molecule has 26 heavy (non-hydrogen) atoms. The van der Waals surface area contributed by atoms with Crippen LogP contribution in [0.2, 0.25) is 0 Å². The second-order valence-electron chi connectivity index (χ2n) is 5.41. The third-order valence-electron chi connectivity index (χ3n) is 3.49. The van der Waals surface area contributed by atoms with Crippen molar-refractivity contribution in [3.05, 3.63) is 58.0 Å². The van der Waals surface area contributed by atoms with Gasteiger partial charge in [0.15, 0.2) is 5.96 Å². The van der Waals surface area contributed by atoms with E-state index in [1.165, 1.54) is 17.0 Å². The number of guanidine groups is 1. The van der Waals surface area contributed by atoms with Gasteiger partial charge in [0, 0.05) is 31.6 Å². The summed E-state index contributed by atoms with van der Waals surface area (Å²) in [5, 5.41) is 11.3. The smallest absolute Gasteiger partial charge is 0.224 e. The van der Waals surface area contributed by atoms with Crippen molar-refractivity contribution in [3.63, 3.8) is 0 Å². The summed E-state index contributed by atoms with van der Waals surface area (Å²) in [5.74, 6) is 0.324. The number of halogens is 2. The van der Waals surface area contributed by atoms with Crippen molar-refractivity contribution in [1.29, 1.82) is 0 Å². The molecular weight excluding hydrogens is 466 g/mol. The summed E-state index contributed by atoms with van der Waals surface area (Å²) in [6, 6.07) is 10.1. The van der Waals surface area contributed by atoms with Crippen molar-refractivity contribution in [3.8, 4) is 0 Å². The van der Waals surface area contributed by atoms with Gasteiger partial charge in [0.2, 0.25) is 5.91 Å². The Bertz CT molecular complexity index is 677. The highest BCUT2D eigenvalue weighted by atomic mass is 127. The number of hydrogen-bond donors (Lipinski definition) is 3. The molecule has 0 aliphatic rings. The number of thiophene rings is 1. The largest absolute Gasteiger partial charge is 0.356 e. The Labute approximate surface area is 174 Å². The fraction of sp³-hybridized carbons (Fsp3) is 0.333. The van der Waals surface area contributed by atoms with Crippen molar-refractivity contribution in [2.45, 2.75) is 12.8 Å². The molecule has 0 spiro atoms. The van der Waals surface area contributed by atoms with E-state index in [9.17, 15) is 9.18 Å². The Morgan fingerprint density at radius 3 is 2.42 bits per heavy atom. The van der Waals surface area contributed by atoms with Crippen LogP contribution in [0.15, 0.2) is 46.8 Å². The van der Waals surface area contributed by atoms with Crippen LogP contribution in [0.25, 0.3) is 0 Å². The van der Waals surface area contributed by atoms with Crippen LogP contribution in [0.1, 0.15) is 10.4 Å². The van der Waals surface area contributed by atoms with Crippen molar-refractivity contribution < 1.29 is 9.18 Å². The lowest BCUT2D eigenvalue weighted by Gasteiger charge is -2.12. The standard InChI is InChI=1S/C18H23FN4OS.HI/c1-20-18(22-9-8-16-3-2-12-25-16)23-11-10-21-17(24)13-14-4-6-15(19)7-5-14;/h2-7,12H,8-11,13H2,1H3,(H,21,24)(H2,20,22,23);1H. The summed E-state index contributed by atoms with van der Waals surface area (Å²) in [4.78, 5) is 17.3. The minimum atomic E-state index is -0.300. The molecule has 1 aromatic carbocycles. The first-order valence-electron chi connectivity index (χ1n) is 8.15. The molecule has 0 unspecified atom stereocenters. The number of aliphatic imine (C=N–C) groups is 1. The highest BCUT2D eigenvalue weighted by molar-refractivity contribution is 14.0. The van der Waals surface area contributed by atoms with Gasteiger partial charge in [-0.25, -0.2) is 4.39 Å². The maximum Gasteiger partial charge on any atom is 0.224 e. The molecule has 2 rings (SSSR count). The number of benzene rings is 1. The molecule has 1 aromatic heterocycles. The Morgan fingerprint density at radius 2 is 1.77 bits per heavy atom. The van der Waals surface area contributed by atoms with Crippen molar-refractivity contribution in [2.75, 3.05) is 26.7 Å². The normalized spacial score (nSPS) is 10.8. The molecule has 5 nitrogen and oxygen atoms in total. The van der Waals surface area contributed by atoms with Crippen LogP contribution in [-0.4, -0.2) is 38.5 Å². The molecule has 0 bridgehead atoms. The van der Waals surface area contributed by atoms with Crippen molar-refractivity contribution >= 4 is 47.2 Å². The number of amides is 1. The number of carbonyl (C=O) groups is 1. The molecule has 142 valence electrons. The molecule has 3 N–H and O–H groups in total. The summed E-state index contributed by atoms with van der Waals surface area (Å²) in [6.45, 7) is 1.87. The second-order valence-corrected chi connectivity index (χ2v) is 6.44. The van der Waals surface area contributed by atoms with Gasteiger partial charge in [-0.2, -0.15) is 0 Å². The summed E-state index contributed by atoms with van der Waals surface area (Å²) >= 11 is 1.74. The fourth-order valence-electron chi connectivity index (χ4n) is 2.21. The average molecular weight is 490 g/mol. The minimum Gasteiger partial charge on any atom is -0.356 e. The SMILES string of the molecule is CN=C(NCCNC(=O)Cc1ccc(F)cc1)NCCc1cccs1.I. The van der Waals surface area contributed by atoms with Crippen molar-refractivity contribution in [2.24, 2.45) is 4.99 Å². The van der Waals surface area contributed by atoms with Crippen LogP contribution in [0.4, 0.5) is 4.39 Å². The maximum atomic E-state index is 12.8. The first-order chi connectivity index (χ1) is 12.2. The van der Waals surface area contributed by atoms with Crippen LogP contribution in [0.3, 0.4) is 0 Å². The topological polar surface area (TPSA) is 65.5 Å². The molecule has 0 atom stereocenters. The predicted octanol–water partition coefficient (Wildman–Crippen LogP) is 2.57. The molecule has 0 aliphatic carbocycles. The number of rotatable bonds is 8. The summed E-state index contributed by atoms with van der Waals surface area (Å²) < 4.78 is 12.8. The van der Waals surface area contributed by atoms with Gasteiger partial charge in [0.1, 0.15) is 5.82 Å². The van der Waals surface area contributed by atoms with Gasteiger partial charge in [-0.3, -0.25) is 9.79 Å². The number of nitrogens with one attached hydrogen (secondary N) is 3. The van der Waals surface area contributed by atoms with Crippen LogP contribution < -0.4 is 16.0 Å². The molecule has 2 aromatic rings. The van der Waals surface area contributed by atoms with Crippen LogP contribution in [0, 0.1) is 5.82 Å². The van der Waals surface area contributed by atoms with E-state index in [1.54, 1.807) is 30.5 Å². The van der Waals surface area contributed by atoms with Gasteiger partial charge in [-0.1, -0.05) is 18.2 Å². The number of nitrogens with zero attached hydrogens (tertiary/aromatic N) is 1. The van der Waals surface area contributed by atoms with Gasteiger partial charge >= 0.3 is 0 Å². The first kappa shape index (κ1) is 22.4. The van der Waals surface area contributed by atoms with E-state index in [0.717, 1.165) is 18.5 Å². The molecule has 8 heteroatoms. The quantitative estimate of drug-likeness (QED) is 0.231.